The SMILES string of the molecule is CCCC1CC1.N[C@@H](CCC(=O)O)C(=O)O. The Bertz CT molecular complexity index is 226. The minimum Gasteiger partial charge on any atom is -0.481 e. The first-order chi connectivity index (χ1) is 7.47. The number of carbonyl (C=O) groups is 2. The van der Waals surface area contributed by atoms with Crippen LogP contribution in [0.15, 0.2) is 0 Å². The first kappa shape index (κ1) is 14.9. The number of hydrogen-bond acceptors (Lipinski definition) is 3. The maximum absolute atomic E-state index is 9.99. The van der Waals surface area contributed by atoms with Crippen molar-refractivity contribution < 1.29 is 19.8 Å². The topological polar surface area (TPSA) is 101 Å². The molecular formula is C11H21NO4. The quantitative estimate of drug-likeness (QED) is 0.642. The molecule has 1 aliphatic rings. The van der Waals surface area contributed by atoms with Gasteiger partial charge in [-0.25, -0.2) is 0 Å². The molecule has 5 heteroatoms. The minimum absolute atomic E-state index is 0.0231. The van der Waals surface area contributed by atoms with Crippen LogP contribution in [-0.4, -0.2) is 28.2 Å². The van der Waals surface area contributed by atoms with Crippen molar-refractivity contribution in [3.8, 4) is 0 Å². The summed E-state index contributed by atoms with van der Waals surface area (Å²) in [4.78, 5) is 19.9. The molecule has 94 valence electrons. The average molecular weight is 231 g/mol. The number of nitrogens with two attached hydrogens (primary N) is 1. The normalized spacial score (nSPS) is 15.9. The summed E-state index contributed by atoms with van der Waals surface area (Å²) in [6, 6.07) is -1.06. The molecule has 16 heavy (non-hydrogen) atoms. The molecule has 0 aromatic carbocycles. The summed E-state index contributed by atoms with van der Waals surface area (Å²) in [5.41, 5.74) is 5.00. The molecule has 0 bridgehead atoms. The molecule has 0 saturated heterocycles. The van der Waals surface area contributed by atoms with Gasteiger partial charge in [0.1, 0.15) is 6.04 Å². The van der Waals surface area contributed by atoms with Crippen LogP contribution in [0.1, 0.15) is 45.4 Å². The summed E-state index contributed by atoms with van der Waals surface area (Å²) in [6.45, 7) is 2.26. The fraction of sp³-hybridized carbons (Fsp3) is 0.818. The molecule has 1 aliphatic carbocycles. The van der Waals surface area contributed by atoms with Crippen LogP contribution >= 0.6 is 0 Å². The summed E-state index contributed by atoms with van der Waals surface area (Å²) in [6.07, 6.45) is 5.70. The molecule has 1 fully saturated rings. The van der Waals surface area contributed by atoms with E-state index in [1.165, 1.54) is 25.7 Å². The summed E-state index contributed by atoms with van der Waals surface area (Å²) >= 11 is 0. The largest absolute Gasteiger partial charge is 0.481 e. The molecule has 0 heterocycles. The lowest BCUT2D eigenvalue weighted by atomic mass is 10.2. The standard InChI is InChI=1S/C6H12.C5H9NO4/c1-2-3-6-4-5-6;6-3(5(9)10)1-2-4(7)8/h6H,2-5H2,1H3;3H,1-2,6H2,(H,7,8)(H,9,10)/t;3-/m.0/s1. The fourth-order valence-electron chi connectivity index (χ4n) is 1.22. The third-order valence-corrected chi connectivity index (χ3v) is 2.38. The van der Waals surface area contributed by atoms with Gasteiger partial charge in [-0.3, -0.25) is 9.59 Å². The molecule has 0 spiro atoms. The zero-order valence-corrected chi connectivity index (χ0v) is 9.69. The van der Waals surface area contributed by atoms with Crippen molar-refractivity contribution >= 4 is 11.9 Å². The maximum atomic E-state index is 9.99. The predicted molar refractivity (Wildman–Crippen MR) is 60.1 cm³/mol. The number of carboxylic acid groups (broad SMARTS) is 2. The van der Waals surface area contributed by atoms with Crippen molar-refractivity contribution in [3.05, 3.63) is 0 Å². The number of rotatable bonds is 6. The summed E-state index contributed by atoms with van der Waals surface area (Å²) in [5, 5.41) is 16.3. The van der Waals surface area contributed by atoms with E-state index in [1.807, 2.05) is 0 Å². The van der Waals surface area contributed by atoms with E-state index in [0.717, 1.165) is 5.92 Å². The van der Waals surface area contributed by atoms with Crippen molar-refractivity contribution in [2.45, 2.75) is 51.5 Å². The molecule has 0 radical (unpaired) electrons. The van der Waals surface area contributed by atoms with Crippen LogP contribution in [-0.2, 0) is 9.59 Å². The first-order valence-corrected chi connectivity index (χ1v) is 5.67. The van der Waals surface area contributed by atoms with Crippen LogP contribution in [0.4, 0.5) is 0 Å². The molecular weight excluding hydrogens is 210 g/mol. The van der Waals surface area contributed by atoms with Gasteiger partial charge in [0.2, 0.25) is 0 Å². The Morgan fingerprint density at radius 2 is 1.94 bits per heavy atom. The minimum atomic E-state index is -1.17. The number of carboxylic acids is 2. The van der Waals surface area contributed by atoms with Gasteiger partial charge in [0, 0.05) is 6.42 Å². The lowest BCUT2D eigenvalue weighted by Crippen LogP contribution is -2.30. The van der Waals surface area contributed by atoms with Gasteiger partial charge in [0.05, 0.1) is 0 Å². The van der Waals surface area contributed by atoms with Gasteiger partial charge in [-0.1, -0.05) is 32.6 Å². The monoisotopic (exact) mass is 231 g/mol. The highest BCUT2D eigenvalue weighted by Gasteiger charge is 2.18. The van der Waals surface area contributed by atoms with Gasteiger partial charge in [-0.2, -0.15) is 0 Å². The highest BCUT2D eigenvalue weighted by atomic mass is 16.4. The molecule has 0 aromatic rings. The van der Waals surface area contributed by atoms with Crippen molar-refractivity contribution in [2.24, 2.45) is 11.7 Å². The third-order valence-electron chi connectivity index (χ3n) is 2.38. The second kappa shape index (κ2) is 8.10. The summed E-state index contributed by atoms with van der Waals surface area (Å²) in [7, 11) is 0. The van der Waals surface area contributed by atoms with E-state index in [-0.39, 0.29) is 12.8 Å². The first-order valence-electron chi connectivity index (χ1n) is 5.67. The Hall–Kier alpha value is -1.10. The zero-order valence-electron chi connectivity index (χ0n) is 9.69. The molecule has 0 aliphatic heterocycles. The fourth-order valence-corrected chi connectivity index (χ4v) is 1.22. The lowest BCUT2D eigenvalue weighted by Gasteiger charge is -2.01. The van der Waals surface area contributed by atoms with Crippen LogP contribution in [0, 0.1) is 5.92 Å². The Morgan fingerprint density at radius 1 is 1.38 bits per heavy atom. The van der Waals surface area contributed by atoms with Crippen molar-refractivity contribution in [3.63, 3.8) is 0 Å². The van der Waals surface area contributed by atoms with Gasteiger partial charge < -0.3 is 15.9 Å². The van der Waals surface area contributed by atoms with E-state index < -0.39 is 18.0 Å². The molecule has 1 rings (SSSR count). The van der Waals surface area contributed by atoms with E-state index in [2.05, 4.69) is 6.92 Å². The van der Waals surface area contributed by atoms with Crippen LogP contribution < -0.4 is 5.73 Å². The second-order valence-electron chi connectivity index (χ2n) is 4.11. The predicted octanol–water partition coefficient (Wildman–Crippen LogP) is 1.46. The molecule has 0 aromatic heterocycles. The smallest absolute Gasteiger partial charge is 0.320 e. The molecule has 0 unspecified atom stereocenters. The highest BCUT2D eigenvalue weighted by molar-refractivity contribution is 5.74. The van der Waals surface area contributed by atoms with Crippen molar-refractivity contribution in [1.82, 2.24) is 0 Å². The summed E-state index contributed by atoms with van der Waals surface area (Å²) in [5.74, 6) is -1.05. The Labute approximate surface area is 95.6 Å². The van der Waals surface area contributed by atoms with Gasteiger partial charge in [-0.05, 0) is 12.3 Å². The highest BCUT2D eigenvalue weighted by Crippen LogP contribution is 2.32. The van der Waals surface area contributed by atoms with Crippen LogP contribution in [0.5, 0.6) is 0 Å². The van der Waals surface area contributed by atoms with Gasteiger partial charge in [0.25, 0.3) is 0 Å². The molecule has 1 saturated carbocycles. The van der Waals surface area contributed by atoms with Crippen molar-refractivity contribution in [2.75, 3.05) is 0 Å². The Balaban J connectivity index is 0.000000315. The van der Waals surface area contributed by atoms with Crippen LogP contribution in [0.2, 0.25) is 0 Å². The van der Waals surface area contributed by atoms with E-state index in [0.29, 0.717) is 0 Å². The van der Waals surface area contributed by atoms with Gasteiger partial charge in [-0.15, -0.1) is 0 Å². The van der Waals surface area contributed by atoms with Gasteiger partial charge in [0.15, 0.2) is 0 Å². The molecule has 5 nitrogen and oxygen atoms in total. The molecule has 1 atom stereocenters. The molecule has 4 N–H and O–H groups in total. The lowest BCUT2D eigenvalue weighted by molar-refractivity contribution is -0.139. The number of aliphatic carboxylic acids is 2. The maximum Gasteiger partial charge on any atom is 0.320 e. The van der Waals surface area contributed by atoms with Gasteiger partial charge >= 0.3 is 11.9 Å². The van der Waals surface area contributed by atoms with E-state index in [9.17, 15) is 9.59 Å². The molecule has 0 amide bonds. The van der Waals surface area contributed by atoms with Crippen LogP contribution in [0.3, 0.4) is 0 Å². The number of hydrogen-bond donors (Lipinski definition) is 3. The van der Waals surface area contributed by atoms with E-state index in [4.69, 9.17) is 15.9 Å². The average Bonchev–Trinajstić information content (AvgIpc) is 2.99. The second-order valence-corrected chi connectivity index (χ2v) is 4.11. The third kappa shape index (κ3) is 9.45. The van der Waals surface area contributed by atoms with E-state index in [1.54, 1.807) is 0 Å². The summed E-state index contributed by atoms with van der Waals surface area (Å²) < 4.78 is 0. The zero-order chi connectivity index (χ0) is 12.6. The van der Waals surface area contributed by atoms with Crippen LogP contribution in [0.25, 0.3) is 0 Å². The van der Waals surface area contributed by atoms with E-state index >= 15 is 0 Å². The Kier molecular flexibility index (Phi) is 7.54. The Morgan fingerprint density at radius 3 is 2.19 bits per heavy atom. The van der Waals surface area contributed by atoms with Crippen molar-refractivity contribution in [1.29, 1.82) is 0 Å².